The fraction of sp³-hybridized carbons (Fsp3) is 0.630. The molecule has 0 N–H and O–H groups in total. The molecule has 0 amide bonds. The zero-order valence-electron chi connectivity index (χ0n) is 21.0. The van der Waals surface area contributed by atoms with Crippen LogP contribution < -0.4 is 4.74 Å². The summed E-state index contributed by atoms with van der Waals surface area (Å²) in [6, 6.07) is 6.11. The second-order valence-corrected chi connectivity index (χ2v) is 14.6. The van der Waals surface area contributed by atoms with Crippen molar-refractivity contribution in [2.75, 3.05) is 20.3 Å². The molecule has 1 saturated heterocycles. The molecule has 0 aromatic heterocycles. The lowest BCUT2D eigenvalue weighted by molar-refractivity contribution is -0.162. The van der Waals surface area contributed by atoms with E-state index in [4.69, 9.17) is 18.6 Å². The first-order valence-electron chi connectivity index (χ1n) is 11.9. The number of unbranched alkanes of at least 4 members (excludes halogenated alkanes) is 1. The van der Waals surface area contributed by atoms with Gasteiger partial charge in [0.05, 0.1) is 13.7 Å². The minimum atomic E-state index is -2.03. The highest BCUT2D eigenvalue weighted by atomic mass is 28.4. The van der Waals surface area contributed by atoms with Crippen molar-refractivity contribution >= 4 is 8.32 Å². The van der Waals surface area contributed by atoms with E-state index in [-0.39, 0.29) is 17.4 Å². The van der Waals surface area contributed by atoms with Crippen molar-refractivity contribution in [3.63, 3.8) is 0 Å². The van der Waals surface area contributed by atoms with Gasteiger partial charge in [-0.05, 0) is 61.9 Å². The zero-order valence-corrected chi connectivity index (χ0v) is 22.0. The molecule has 1 fully saturated rings. The topological polar surface area (TPSA) is 36.9 Å². The first-order chi connectivity index (χ1) is 15.2. The lowest BCUT2D eigenvalue weighted by Gasteiger charge is -2.38. The van der Waals surface area contributed by atoms with Gasteiger partial charge in [0.1, 0.15) is 11.9 Å². The molecule has 1 aliphatic rings. The van der Waals surface area contributed by atoms with Gasteiger partial charge >= 0.3 is 0 Å². The summed E-state index contributed by atoms with van der Waals surface area (Å²) in [5.41, 5.74) is 2.18. The lowest BCUT2D eigenvalue weighted by Crippen LogP contribution is -2.41. The highest BCUT2D eigenvalue weighted by Crippen LogP contribution is 2.41. The maximum atomic E-state index is 6.80. The van der Waals surface area contributed by atoms with E-state index in [1.54, 1.807) is 7.11 Å². The molecule has 0 spiro atoms. The van der Waals surface area contributed by atoms with Gasteiger partial charge in [-0.15, -0.1) is 12.5 Å². The summed E-state index contributed by atoms with van der Waals surface area (Å²) < 4.78 is 23.9. The summed E-state index contributed by atoms with van der Waals surface area (Å²) in [5.74, 6) is 7.66. The van der Waals surface area contributed by atoms with Crippen molar-refractivity contribution in [3.05, 3.63) is 42.0 Å². The van der Waals surface area contributed by atoms with Crippen LogP contribution in [0.5, 0.6) is 5.75 Å². The Morgan fingerprint density at radius 1 is 1.28 bits per heavy atom. The fourth-order valence-corrected chi connectivity index (χ4v) is 4.54. The Hall–Kier alpha value is -1.58. The summed E-state index contributed by atoms with van der Waals surface area (Å²) in [6.07, 6.45) is 7.27. The largest absolute Gasteiger partial charge is 0.496 e. The van der Waals surface area contributed by atoms with Gasteiger partial charge in [-0.25, -0.2) is 0 Å². The first kappa shape index (κ1) is 26.7. The van der Waals surface area contributed by atoms with Crippen molar-refractivity contribution < 1.29 is 18.6 Å². The minimum absolute atomic E-state index is 0.0374. The molecule has 0 saturated carbocycles. The van der Waals surface area contributed by atoms with Gasteiger partial charge in [0.2, 0.25) is 0 Å². The van der Waals surface area contributed by atoms with Crippen LogP contribution in [0.1, 0.15) is 70.1 Å². The van der Waals surface area contributed by atoms with E-state index in [0.717, 1.165) is 49.2 Å². The fourth-order valence-electron chi connectivity index (χ4n) is 3.41. The van der Waals surface area contributed by atoms with E-state index in [1.807, 2.05) is 18.2 Å². The molecule has 178 valence electrons. The Bertz CT molecular complexity index is 779. The van der Waals surface area contributed by atoms with Crippen LogP contribution in [-0.4, -0.2) is 34.9 Å². The van der Waals surface area contributed by atoms with E-state index < -0.39 is 8.32 Å². The quantitative estimate of drug-likeness (QED) is 0.167. The highest BCUT2D eigenvalue weighted by Gasteiger charge is 2.39. The maximum Gasteiger partial charge on any atom is 0.194 e. The van der Waals surface area contributed by atoms with Crippen LogP contribution in [0.2, 0.25) is 18.1 Å². The minimum Gasteiger partial charge on any atom is -0.496 e. The number of benzene rings is 1. The molecule has 1 unspecified atom stereocenters. The normalized spacial score (nSPS) is 17.9. The van der Waals surface area contributed by atoms with Crippen LogP contribution in [0.25, 0.3) is 0 Å². The summed E-state index contributed by atoms with van der Waals surface area (Å²) in [5, 5.41) is 0.0955. The third-order valence-corrected chi connectivity index (χ3v) is 10.8. The molecule has 1 heterocycles. The van der Waals surface area contributed by atoms with E-state index in [0.29, 0.717) is 13.0 Å². The average Bonchev–Trinajstić information content (AvgIpc) is 2.75. The monoisotopic (exact) mass is 458 g/mol. The molecule has 1 aromatic carbocycles. The van der Waals surface area contributed by atoms with Crippen molar-refractivity contribution in [3.8, 4) is 17.6 Å². The smallest absolute Gasteiger partial charge is 0.194 e. The Kier molecular flexibility index (Phi) is 10.5. The number of methoxy groups -OCH3 is 1. The Morgan fingerprint density at radius 3 is 2.69 bits per heavy atom. The van der Waals surface area contributed by atoms with Crippen LogP contribution in [-0.2, 0) is 20.3 Å². The predicted molar refractivity (Wildman–Crippen MR) is 134 cm³/mol. The molecule has 32 heavy (non-hydrogen) atoms. The third-order valence-electron chi connectivity index (χ3n) is 6.36. The molecule has 0 radical (unpaired) electrons. The average molecular weight is 459 g/mol. The predicted octanol–water partition coefficient (Wildman–Crippen LogP) is 6.81. The number of ether oxygens (including phenoxy) is 3. The van der Waals surface area contributed by atoms with Crippen LogP contribution in [0.15, 0.2) is 30.9 Å². The first-order valence-corrected chi connectivity index (χ1v) is 14.8. The number of hydrogen-bond acceptors (Lipinski definition) is 4. The van der Waals surface area contributed by atoms with Crippen LogP contribution in [0, 0.1) is 11.8 Å². The van der Waals surface area contributed by atoms with Gasteiger partial charge in [0, 0.05) is 18.6 Å². The standard InChI is InChI=1S/C27H42O4Si/c1-8-15-22-23(16-14-18-24(22)28-5)25(31-32(6,7)27(2,3)4)17-10-9-12-20-29-26-19-11-13-21-30-26/h8,14,16,18,25-26H,1,9,11-13,15,19-21H2,2-7H3/t25-,26?/m0/s1. The van der Waals surface area contributed by atoms with Crippen molar-refractivity contribution in [2.45, 2.75) is 89.8 Å². The van der Waals surface area contributed by atoms with Crippen LogP contribution in [0.4, 0.5) is 0 Å². The van der Waals surface area contributed by atoms with Gasteiger partial charge < -0.3 is 18.6 Å². The van der Waals surface area contributed by atoms with E-state index >= 15 is 0 Å². The Morgan fingerprint density at radius 2 is 2.06 bits per heavy atom. The maximum absolute atomic E-state index is 6.80. The second-order valence-electron chi connectivity index (χ2n) is 9.87. The number of hydrogen-bond donors (Lipinski definition) is 0. The SMILES string of the molecule is C=CCc1c(OC)cccc1[C@H](C#CCCCOC1CCCCO1)O[Si](C)(C)C(C)(C)C. The zero-order chi connectivity index (χ0) is 23.6. The molecular weight excluding hydrogens is 416 g/mol. The number of rotatable bonds is 10. The molecule has 0 bridgehead atoms. The molecule has 5 heteroatoms. The van der Waals surface area contributed by atoms with Gasteiger partial charge in [0.25, 0.3) is 0 Å². The molecule has 1 aromatic rings. The van der Waals surface area contributed by atoms with Crippen molar-refractivity contribution in [2.24, 2.45) is 0 Å². The van der Waals surface area contributed by atoms with Crippen molar-refractivity contribution in [1.29, 1.82) is 0 Å². The lowest BCUT2D eigenvalue weighted by atomic mass is 9.99. The molecule has 1 aliphatic heterocycles. The summed E-state index contributed by atoms with van der Waals surface area (Å²) in [6.45, 7) is 16.7. The molecule has 4 nitrogen and oxygen atoms in total. The second kappa shape index (κ2) is 12.6. The molecule has 2 atom stereocenters. The number of allylic oxidation sites excluding steroid dienone is 1. The summed E-state index contributed by atoms with van der Waals surface area (Å²) in [7, 11) is -0.327. The van der Waals surface area contributed by atoms with E-state index in [2.05, 4.69) is 58.4 Å². The summed E-state index contributed by atoms with van der Waals surface area (Å²) >= 11 is 0. The van der Waals surface area contributed by atoms with Gasteiger partial charge in [-0.3, -0.25) is 0 Å². The van der Waals surface area contributed by atoms with E-state index in [1.165, 1.54) is 6.42 Å². The highest BCUT2D eigenvalue weighted by molar-refractivity contribution is 6.74. The molecule has 2 rings (SSSR count). The van der Waals surface area contributed by atoms with Crippen LogP contribution in [0.3, 0.4) is 0 Å². The Labute approximate surface area is 196 Å². The van der Waals surface area contributed by atoms with Gasteiger partial charge in [0.15, 0.2) is 14.6 Å². The molecular formula is C27H42O4Si. The van der Waals surface area contributed by atoms with Crippen molar-refractivity contribution in [1.82, 2.24) is 0 Å². The third kappa shape index (κ3) is 7.77. The van der Waals surface area contributed by atoms with Gasteiger partial charge in [-0.1, -0.05) is 44.9 Å². The van der Waals surface area contributed by atoms with Crippen LogP contribution >= 0.6 is 0 Å². The van der Waals surface area contributed by atoms with E-state index in [9.17, 15) is 0 Å². The van der Waals surface area contributed by atoms with Gasteiger partial charge in [-0.2, -0.15) is 0 Å². The molecule has 0 aliphatic carbocycles. The summed E-state index contributed by atoms with van der Waals surface area (Å²) in [4.78, 5) is 0. The Balaban J connectivity index is 2.16.